The second-order valence-electron chi connectivity index (χ2n) is 10.5. The molecule has 0 radical (unpaired) electrons. The Labute approximate surface area is 180 Å². The molecule has 2 nitrogen and oxygen atoms in total. The third kappa shape index (κ3) is 7.14. The molecule has 0 aromatic rings. The summed E-state index contributed by atoms with van der Waals surface area (Å²) in [5.41, 5.74) is 0. The summed E-state index contributed by atoms with van der Waals surface area (Å²) in [6.07, 6.45) is 26.9. The lowest BCUT2D eigenvalue weighted by Gasteiger charge is -2.37. The number of esters is 1. The van der Waals surface area contributed by atoms with Crippen molar-refractivity contribution >= 4 is 5.97 Å². The maximum atomic E-state index is 11.7. The van der Waals surface area contributed by atoms with Gasteiger partial charge in [-0.05, 0) is 107 Å². The molecular formula is C27H46O2. The van der Waals surface area contributed by atoms with Gasteiger partial charge in [0.15, 0.2) is 0 Å². The summed E-state index contributed by atoms with van der Waals surface area (Å²) >= 11 is 0. The average Bonchev–Trinajstić information content (AvgIpc) is 2.78. The molecule has 0 unspecified atom stereocenters. The Morgan fingerprint density at radius 1 is 0.759 bits per heavy atom. The highest BCUT2D eigenvalue weighted by Gasteiger charge is 2.33. The van der Waals surface area contributed by atoms with Crippen molar-refractivity contribution in [3.05, 3.63) is 12.2 Å². The molecule has 3 rings (SSSR count). The molecule has 3 fully saturated rings. The van der Waals surface area contributed by atoms with Crippen LogP contribution in [-0.4, -0.2) is 13.1 Å². The number of methoxy groups -OCH3 is 1. The van der Waals surface area contributed by atoms with Crippen molar-refractivity contribution in [1.29, 1.82) is 0 Å². The van der Waals surface area contributed by atoms with Gasteiger partial charge >= 0.3 is 5.97 Å². The number of allylic oxidation sites excluding steroid dienone is 2. The molecule has 3 aliphatic rings. The van der Waals surface area contributed by atoms with Crippen molar-refractivity contribution < 1.29 is 9.53 Å². The predicted octanol–water partition coefficient (Wildman–Crippen LogP) is 7.72. The van der Waals surface area contributed by atoms with Gasteiger partial charge < -0.3 is 4.74 Å². The van der Waals surface area contributed by atoms with Gasteiger partial charge in [0.05, 0.1) is 13.0 Å². The fraction of sp³-hybridized carbons (Fsp3) is 0.889. The van der Waals surface area contributed by atoms with Crippen molar-refractivity contribution in [2.45, 2.75) is 110 Å². The molecular weight excluding hydrogens is 356 g/mol. The van der Waals surface area contributed by atoms with E-state index in [1.165, 1.54) is 97.0 Å². The van der Waals surface area contributed by atoms with Crippen LogP contribution in [0.5, 0.6) is 0 Å². The first-order valence-electron chi connectivity index (χ1n) is 13.0. The van der Waals surface area contributed by atoms with Crippen LogP contribution in [0.3, 0.4) is 0 Å². The minimum absolute atomic E-state index is 0.0206. The Morgan fingerprint density at radius 2 is 1.28 bits per heavy atom. The van der Waals surface area contributed by atoms with Crippen LogP contribution in [0.25, 0.3) is 0 Å². The van der Waals surface area contributed by atoms with E-state index in [-0.39, 0.29) is 11.9 Å². The minimum atomic E-state index is 0.0206. The highest BCUT2D eigenvalue weighted by molar-refractivity contribution is 5.72. The van der Waals surface area contributed by atoms with E-state index in [1.807, 2.05) is 0 Å². The Kier molecular flexibility index (Phi) is 9.59. The minimum Gasteiger partial charge on any atom is -0.469 e. The van der Waals surface area contributed by atoms with E-state index in [2.05, 4.69) is 19.1 Å². The van der Waals surface area contributed by atoms with E-state index in [1.54, 1.807) is 0 Å². The zero-order valence-corrected chi connectivity index (χ0v) is 19.2. The molecule has 0 atom stereocenters. The quantitative estimate of drug-likeness (QED) is 0.236. The van der Waals surface area contributed by atoms with Gasteiger partial charge in [-0.15, -0.1) is 0 Å². The summed E-state index contributed by atoms with van der Waals surface area (Å²) in [7, 11) is 1.53. The Hall–Kier alpha value is -0.790. The predicted molar refractivity (Wildman–Crippen MR) is 122 cm³/mol. The smallest absolute Gasteiger partial charge is 0.308 e. The second-order valence-corrected chi connectivity index (χ2v) is 10.5. The summed E-state index contributed by atoms with van der Waals surface area (Å²) in [5, 5.41) is 0. The number of hydrogen-bond acceptors (Lipinski definition) is 2. The molecule has 3 saturated carbocycles. The van der Waals surface area contributed by atoms with Crippen molar-refractivity contribution in [3.63, 3.8) is 0 Å². The van der Waals surface area contributed by atoms with Crippen LogP contribution in [0.1, 0.15) is 110 Å². The van der Waals surface area contributed by atoms with Gasteiger partial charge in [0, 0.05) is 0 Å². The number of carbonyl (C=O) groups excluding carboxylic acids is 1. The molecule has 0 aromatic heterocycles. The average molecular weight is 403 g/mol. The van der Waals surface area contributed by atoms with Gasteiger partial charge in [-0.2, -0.15) is 0 Å². The van der Waals surface area contributed by atoms with Gasteiger partial charge in [-0.25, -0.2) is 0 Å². The highest BCUT2D eigenvalue weighted by atomic mass is 16.5. The maximum absolute atomic E-state index is 11.7. The first kappa shape index (κ1) is 22.9. The van der Waals surface area contributed by atoms with Crippen LogP contribution in [0, 0.1) is 35.5 Å². The third-order valence-electron chi connectivity index (χ3n) is 8.55. The summed E-state index contributed by atoms with van der Waals surface area (Å²) in [6.45, 7) is 2.31. The van der Waals surface area contributed by atoms with Gasteiger partial charge in [0.2, 0.25) is 0 Å². The summed E-state index contributed by atoms with van der Waals surface area (Å²) < 4.78 is 4.94. The molecule has 0 spiro atoms. The van der Waals surface area contributed by atoms with Gasteiger partial charge in [0.25, 0.3) is 0 Å². The van der Waals surface area contributed by atoms with E-state index >= 15 is 0 Å². The van der Waals surface area contributed by atoms with Crippen LogP contribution in [0.4, 0.5) is 0 Å². The van der Waals surface area contributed by atoms with Crippen molar-refractivity contribution in [3.8, 4) is 0 Å². The van der Waals surface area contributed by atoms with Gasteiger partial charge in [-0.3, -0.25) is 4.79 Å². The molecule has 0 aromatic carbocycles. The topological polar surface area (TPSA) is 26.3 Å². The molecule has 29 heavy (non-hydrogen) atoms. The first-order chi connectivity index (χ1) is 14.2. The van der Waals surface area contributed by atoms with Crippen LogP contribution < -0.4 is 0 Å². The number of ether oxygens (including phenoxy) is 1. The lowest BCUT2D eigenvalue weighted by Crippen LogP contribution is -2.28. The van der Waals surface area contributed by atoms with Crippen molar-refractivity contribution in [1.82, 2.24) is 0 Å². The Balaban J connectivity index is 1.31. The van der Waals surface area contributed by atoms with E-state index in [9.17, 15) is 4.79 Å². The lowest BCUT2D eigenvalue weighted by atomic mass is 9.69. The van der Waals surface area contributed by atoms with Crippen LogP contribution >= 0.6 is 0 Å². The molecule has 0 aliphatic heterocycles. The molecule has 3 aliphatic carbocycles. The first-order valence-corrected chi connectivity index (χ1v) is 13.0. The fourth-order valence-corrected chi connectivity index (χ4v) is 6.47. The summed E-state index contributed by atoms with van der Waals surface area (Å²) in [5.74, 6) is 4.70. The fourth-order valence-electron chi connectivity index (χ4n) is 6.47. The van der Waals surface area contributed by atoms with Crippen LogP contribution in [-0.2, 0) is 9.53 Å². The normalized spacial score (nSPS) is 36.2. The SMILES string of the molecule is CCCCCC1CCC(/C=C/C2CCC(C3CCC(C(=O)OC)CC3)CC2)CC1. The standard InChI is InChI=1S/C27H46O2/c1-3-4-5-6-21-7-9-22(10-8-21)11-12-23-13-15-24(16-14-23)25-17-19-26(20-18-25)27(28)29-2/h11-12,21-26H,3-10,13-20H2,1-2H3/b12-11+. The molecule has 2 heteroatoms. The zero-order chi connectivity index (χ0) is 20.5. The monoisotopic (exact) mass is 402 g/mol. The number of rotatable bonds is 8. The third-order valence-corrected chi connectivity index (χ3v) is 8.55. The van der Waals surface area contributed by atoms with E-state index in [0.717, 1.165) is 42.4 Å². The molecule has 0 amide bonds. The number of unbranched alkanes of at least 4 members (excludes halogenated alkanes) is 2. The molecule has 0 bridgehead atoms. The van der Waals surface area contributed by atoms with Crippen molar-refractivity contribution in [2.24, 2.45) is 35.5 Å². The van der Waals surface area contributed by atoms with Crippen LogP contribution in [0.2, 0.25) is 0 Å². The molecule has 0 saturated heterocycles. The van der Waals surface area contributed by atoms with Crippen molar-refractivity contribution in [2.75, 3.05) is 7.11 Å². The largest absolute Gasteiger partial charge is 0.469 e. The van der Waals surface area contributed by atoms with Gasteiger partial charge in [0.1, 0.15) is 0 Å². The number of hydrogen-bond donors (Lipinski definition) is 0. The molecule has 0 heterocycles. The van der Waals surface area contributed by atoms with E-state index in [0.29, 0.717) is 0 Å². The lowest BCUT2D eigenvalue weighted by molar-refractivity contribution is -0.147. The maximum Gasteiger partial charge on any atom is 0.308 e. The van der Waals surface area contributed by atoms with E-state index in [4.69, 9.17) is 4.74 Å². The second kappa shape index (κ2) is 12.2. The number of carbonyl (C=O) groups is 1. The Bertz CT molecular complexity index is 487. The molecule has 166 valence electrons. The van der Waals surface area contributed by atoms with Crippen LogP contribution in [0.15, 0.2) is 12.2 Å². The Morgan fingerprint density at radius 3 is 1.79 bits per heavy atom. The molecule has 0 N–H and O–H groups in total. The summed E-state index contributed by atoms with van der Waals surface area (Å²) in [4.78, 5) is 11.7. The summed E-state index contributed by atoms with van der Waals surface area (Å²) in [6, 6.07) is 0. The van der Waals surface area contributed by atoms with E-state index < -0.39 is 0 Å². The zero-order valence-electron chi connectivity index (χ0n) is 19.2. The highest BCUT2D eigenvalue weighted by Crippen LogP contribution is 2.42. The van der Waals surface area contributed by atoms with Gasteiger partial charge in [-0.1, -0.05) is 44.8 Å².